The molecule has 0 aromatic rings. The monoisotopic (exact) mass is 200 g/mol. The average molecular weight is 200 g/mol. The highest BCUT2D eigenvalue weighted by Gasteiger charge is 2.17. The number of methoxy groups -OCH3 is 1. The summed E-state index contributed by atoms with van der Waals surface area (Å²) >= 11 is 0. The van der Waals surface area contributed by atoms with E-state index in [0.29, 0.717) is 6.10 Å². The van der Waals surface area contributed by atoms with Gasteiger partial charge >= 0.3 is 0 Å². The van der Waals surface area contributed by atoms with E-state index in [-0.39, 0.29) is 5.91 Å². The Hall–Kier alpha value is -0.610. The van der Waals surface area contributed by atoms with Crippen LogP contribution in [-0.4, -0.2) is 50.2 Å². The Labute approximate surface area is 85.6 Å². The molecule has 0 saturated carbocycles. The first kappa shape index (κ1) is 11.5. The maximum atomic E-state index is 10.6. The Balaban J connectivity index is 2.07. The van der Waals surface area contributed by atoms with E-state index in [9.17, 15) is 4.79 Å². The van der Waals surface area contributed by atoms with Crippen molar-refractivity contribution in [1.29, 1.82) is 0 Å². The van der Waals surface area contributed by atoms with Gasteiger partial charge in [-0.3, -0.25) is 4.79 Å². The van der Waals surface area contributed by atoms with Crippen molar-refractivity contribution < 1.29 is 9.53 Å². The first-order valence-corrected chi connectivity index (χ1v) is 5.22. The van der Waals surface area contributed by atoms with Crippen LogP contribution in [0.5, 0.6) is 0 Å². The number of hydrogen-bond donors (Lipinski definition) is 1. The summed E-state index contributed by atoms with van der Waals surface area (Å²) in [5.74, 6) is 0.0526. The largest absolute Gasteiger partial charge is 0.381 e. The predicted molar refractivity (Wildman–Crippen MR) is 55.2 cm³/mol. The van der Waals surface area contributed by atoms with Gasteiger partial charge in [-0.25, -0.2) is 0 Å². The zero-order valence-electron chi connectivity index (χ0n) is 9.08. The molecule has 1 N–H and O–H groups in total. The van der Waals surface area contributed by atoms with Gasteiger partial charge in [-0.2, -0.15) is 0 Å². The third-order valence-corrected chi connectivity index (χ3v) is 2.67. The van der Waals surface area contributed by atoms with Crippen LogP contribution in [0.15, 0.2) is 0 Å². The summed E-state index contributed by atoms with van der Waals surface area (Å²) in [4.78, 5) is 13.0. The molecule has 4 heteroatoms. The highest BCUT2D eigenvalue weighted by atomic mass is 16.5. The maximum absolute atomic E-state index is 10.6. The number of nitrogens with one attached hydrogen (secondary N) is 1. The molecule has 0 atom stereocenters. The summed E-state index contributed by atoms with van der Waals surface area (Å²) in [7, 11) is 1.78. The number of nitrogens with zero attached hydrogens (tertiary/aromatic N) is 1. The number of rotatable bonds is 4. The third kappa shape index (κ3) is 4.07. The van der Waals surface area contributed by atoms with Crippen molar-refractivity contribution in [3.05, 3.63) is 0 Å². The highest BCUT2D eigenvalue weighted by molar-refractivity contribution is 5.72. The van der Waals surface area contributed by atoms with Crippen molar-refractivity contribution in [3.8, 4) is 0 Å². The molecule has 1 rings (SSSR count). The molecule has 1 aliphatic heterocycles. The SMILES string of the molecule is COC1CCN(CCNC(C)=O)CC1. The Morgan fingerprint density at radius 3 is 2.64 bits per heavy atom. The summed E-state index contributed by atoms with van der Waals surface area (Å²) in [6.07, 6.45) is 2.65. The fraction of sp³-hybridized carbons (Fsp3) is 0.900. The third-order valence-electron chi connectivity index (χ3n) is 2.67. The van der Waals surface area contributed by atoms with Gasteiger partial charge in [-0.15, -0.1) is 0 Å². The number of likely N-dealkylation sites (tertiary alicyclic amines) is 1. The topological polar surface area (TPSA) is 41.6 Å². The molecule has 1 fully saturated rings. The van der Waals surface area contributed by atoms with Crippen molar-refractivity contribution in [3.63, 3.8) is 0 Å². The number of amides is 1. The Morgan fingerprint density at radius 1 is 1.50 bits per heavy atom. The van der Waals surface area contributed by atoms with Crippen LogP contribution in [0.25, 0.3) is 0 Å². The highest BCUT2D eigenvalue weighted by Crippen LogP contribution is 2.11. The molecule has 1 amide bonds. The number of ether oxygens (including phenoxy) is 1. The van der Waals surface area contributed by atoms with E-state index in [1.165, 1.54) is 0 Å². The second-order valence-corrected chi connectivity index (χ2v) is 3.76. The van der Waals surface area contributed by atoms with E-state index < -0.39 is 0 Å². The molecule has 0 aromatic heterocycles. The molecule has 1 heterocycles. The lowest BCUT2D eigenvalue weighted by molar-refractivity contribution is -0.119. The van der Waals surface area contributed by atoms with Crippen LogP contribution in [0.2, 0.25) is 0 Å². The number of hydrogen-bond acceptors (Lipinski definition) is 3. The molecule has 0 unspecified atom stereocenters. The zero-order valence-corrected chi connectivity index (χ0v) is 9.08. The van der Waals surface area contributed by atoms with Crippen molar-refractivity contribution in [1.82, 2.24) is 10.2 Å². The molecule has 4 nitrogen and oxygen atoms in total. The fourth-order valence-corrected chi connectivity index (χ4v) is 1.76. The number of carbonyl (C=O) groups is 1. The molecular weight excluding hydrogens is 180 g/mol. The molecule has 0 radical (unpaired) electrons. The van der Waals surface area contributed by atoms with E-state index >= 15 is 0 Å². The molecule has 0 spiro atoms. The molecule has 14 heavy (non-hydrogen) atoms. The lowest BCUT2D eigenvalue weighted by Crippen LogP contribution is -2.40. The predicted octanol–water partition coefficient (Wildman–Crippen LogP) is 0.233. The van der Waals surface area contributed by atoms with Crippen molar-refractivity contribution in [2.45, 2.75) is 25.9 Å². The van der Waals surface area contributed by atoms with Crippen molar-refractivity contribution in [2.75, 3.05) is 33.3 Å². The van der Waals surface area contributed by atoms with E-state index in [0.717, 1.165) is 39.0 Å². The quantitative estimate of drug-likeness (QED) is 0.706. The molecule has 1 saturated heterocycles. The lowest BCUT2D eigenvalue weighted by Gasteiger charge is -2.30. The minimum atomic E-state index is 0.0526. The van der Waals surface area contributed by atoms with Crippen LogP contribution in [-0.2, 0) is 9.53 Å². The van der Waals surface area contributed by atoms with Crippen LogP contribution in [0, 0.1) is 0 Å². The minimum absolute atomic E-state index is 0.0526. The summed E-state index contributed by atoms with van der Waals surface area (Å²) in [6.45, 7) is 5.43. The number of piperidine rings is 1. The fourth-order valence-electron chi connectivity index (χ4n) is 1.76. The second kappa shape index (κ2) is 5.98. The van der Waals surface area contributed by atoms with Gasteiger partial charge in [-0.05, 0) is 12.8 Å². The maximum Gasteiger partial charge on any atom is 0.216 e. The van der Waals surface area contributed by atoms with Gasteiger partial charge in [0, 0.05) is 40.2 Å². The Bertz CT molecular complexity index is 177. The van der Waals surface area contributed by atoms with E-state index in [4.69, 9.17) is 4.74 Å². The summed E-state index contributed by atoms with van der Waals surface area (Å²) in [6, 6.07) is 0. The normalized spacial score (nSPS) is 19.6. The molecule has 0 aliphatic carbocycles. The van der Waals surface area contributed by atoms with E-state index in [1.54, 1.807) is 14.0 Å². The van der Waals surface area contributed by atoms with Gasteiger partial charge in [-0.1, -0.05) is 0 Å². The van der Waals surface area contributed by atoms with Gasteiger partial charge in [0.1, 0.15) is 0 Å². The minimum Gasteiger partial charge on any atom is -0.381 e. The summed E-state index contributed by atoms with van der Waals surface area (Å²) in [5, 5.41) is 2.81. The summed E-state index contributed by atoms with van der Waals surface area (Å²) < 4.78 is 5.29. The van der Waals surface area contributed by atoms with Crippen molar-refractivity contribution in [2.24, 2.45) is 0 Å². The molecule has 1 aliphatic rings. The Kier molecular flexibility index (Phi) is 4.90. The summed E-state index contributed by atoms with van der Waals surface area (Å²) in [5.41, 5.74) is 0. The van der Waals surface area contributed by atoms with Crippen LogP contribution in [0.4, 0.5) is 0 Å². The van der Waals surface area contributed by atoms with Crippen molar-refractivity contribution >= 4 is 5.91 Å². The van der Waals surface area contributed by atoms with Crippen LogP contribution < -0.4 is 5.32 Å². The van der Waals surface area contributed by atoms with Gasteiger partial charge in [0.15, 0.2) is 0 Å². The number of carbonyl (C=O) groups excluding carboxylic acids is 1. The first-order valence-electron chi connectivity index (χ1n) is 5.22. The van der Waals surface area contributed by atoms with Gasteiger partial charge in [0.2, 0.25) is 5.91 Å². The van der Waals surface area contributed by atoms with Gasteiger partial charge in [0.25, 0.3) is 0 Å². The van der Waals surface area contributed by atoms with Gasteiger partial charge < -0.3 is 15.0 Å². The average Bonchev–Trinajstić information content (AvgIpc) is 2.18. The van der Waals surface area contributed by atoms with Crippen LogP contribution in [0.3, 0.4) is 0 Å². The zero-order chi connectivity index (χ0) is 10.4. The van der Waals surface area contributed by atoms with E-state index in [2.05, 4.69) is 10.2 Å². The second-order valence-electron chi connectivity index (χ2n) is 3.76. The first-order chi connectivity index (χ1) is 6.72. The molecule has 82 valence electrons. The molecular formula is C10H20N2O2. The van der Waals surface area contributed by atoms with Crippen LogP contribution >= 0.6 is 0 Å². The Morgan fingerprint density at radius 2 is 2.14 bits per heavy atom. The molecule has 0 aromatic carbocycles. The standard InChI is InChI=1S/C10H20N2O2/c1-9(13)11-5-8-12-6-3-10(14-2)4-7-12/h10H,3-8H2,1-2H3,(H,11,13). The van der Waals surface area contributed by atoms with Crippen LogP contribution in [0.1, 0.15) is 19.8 Å². The molecule has 0 bridgehead atoms. The lowest BCUT2D eigenvalue weighted by atomic mass is 10.1. The smallest absolute Gasteiger partial charge is 0.216 e. The van der Waals surface area contributed by atoms with Gasteiger partial charge in [0.05, 0.1) is 6.10 Å². The van der Waals surface area contributed by atoms with E-state index in [1.807, 2.05) is 0 Å².